The molecule has 0 atom stereocenters. The molecule has 0 saturated carbocycles. The van der Waals surface area contributed by atoms with E-state index in [-0.39, 0.29) is 98.8 Å². The van der Waals surface area contributed by atoms with E-state index < -0.39 is 91.0 Å². The van der Waals surface area contributed by atoms with Crippen LogP contribution in [0.15, 0.2) is 72.8 Å². The first-order valence-corrected chi connectivity index (χ1v) is 25.2. The van der Waals surface area contributed by atoms with Crippen LogP contribution in [0, 0.1) is 23.2 Å². The van der Waals surface area contributed by atoms with Gasteiger partial charge in [0.25, 0.3) is 12.9 Å². The van der Waals surface area contributed by atoms with Crippen molar-refractivity contribution in [3.05, 3.63) is 117 Å². The fourth-order valence-electron chi connectivity index (χ4n) is 7.47. The van der Waals surface area contributed by atoms with Gasteiger partial charge in [-0.25, -0.2) is 54.0 Å². The highest BCUT2D eigenvalue weighted by Crippen LogP contribution is 2.34. The number of hydrogen-bond acceptors (Lipinski definition) is 15. The lowest BCUT2D eigenvalue weighted by Gasteiger charge is -2.33. The normalized spacial score (nSPS) is 14.6. The molecule has 0 aliphatic carbocycles. The molecule has 0 bridgehead atoms. The minimum atomic E-state index is -3.89. The number of ether oxygens (including phenoxy) is 2. The Morgan fingerprint density at radius 3 is 1.43 bits per heavy atom. The number of nitrogens with zero attached hydrogens (tertiary/aromatic N) is 5. The van der Waals surface area contributed by atoms with Gasteiger partial charge >= 0.3 is 11.9 Å². The fourth-order valence-corrected chi connectivity index (χ4v) is 10.1. The molecule has 24 heteroatoms. The second-order valence-electron chi connectivity index (χ2n) is 15.6. The van der Waals surface area contributed by atoms with Gasteiger partial charge in [-0.05, 0) is 62.8 Å². The lowest BCUT2D eigenvalue weighted by atomic mass is 9.96. The Balaban J connectivity index is 0.000000258. The van der Waals surface area contributed by atoms with Crippen molar-refractivity contribution in [2.24, 2.45) is 11.8 Å². The number of nitrogens with one attached hydrogen (secondary N) is 2. The number of pyridine rings is 2. The van der Waals surface area contributed by atoms with Gasteiger partial charge in [0, 0.05) is 38.0 Å². The van der Waals surface area contributed by atoms with Crippen LogP contribution in [-0.2, 0) is 50.6 Å². The van der Waals surface area contributed by atoms with Gasteiger partial charge in [-0.2, -0.15) is 5.26 Å². The summed E-state index contributed by atoms with van der Waals surface area (Å²) >= 11 is 6.23. The van der Waals surface area contributed by atoms with Gasteiger partial charge in [-0.3, -0.25) is 19.0 Å². The van der Waals surface area contributed by atoms with Crippen molar-refractivity contribution in [3.8, 4) is 6.07 Å². The molecule has 0 spiro atoms. The number of rotatable bonds is 16. The van der Waals surface area contributed by atoms with Gasteiger partial charge in [0.2, 0.25) is 31.9 Å². The maximum atomic E-state index is 13.6. The summed E-state index contributed by atoms with van der Waals surface area (Å²) in [6.07, 6.45) is -5.10. The van der Waals surface area contributed by atoms with E-state index in [0.29, 0.717) is 11.1 Å². The topological polar surface area (TPSA) is 235 Å². The minimum Gasteiger partial charge on any atom is -0.462 e. The average molecular weight is 1020 g/mol. The van der Waals surface area contributed by atoms with Gasteiger partial charge in [-0.15, -0.1) is 0 Å². The number of benzene rings is 2. The second kappa shape index (κ2) is 24.3. The largest absolute Gasteiger partial charge is 0.462 e. The average Bonchev–Trinajstić information content (AvgIpc) is 3.31. The van der Waals surface area contributed by atoms with Gasteiger partial charge in [0.05, 0.1) is 46.4 Å². The van der Waals surface area contributed by atoms with Crippen molar-refractivity contribution >= 4 is 67.0 Å². The summed E-state index contributed by atoms with van der Waals surface area (Å²) in [5.41, 5.74) is -1.37. The number of nitriles is 1. The Kier molecular flexibility index (Phi) is 18.8. The molecule has 2 fully saturated rings. The molecule has 2 saturated heterocycles. The number of piperidine rings is 2. The third-order valence-electron chi connectivity index (χ3n) is 10.8. The van der Waals surface area contributed by atoms with Gasteiger partial charge < -0.3 is 19.3 Å². The molecular formula is C45H48ClF4N7O10S2. The Morgan fingerprint density at radius 2 is 1.06 bits per heavy atom. The fraction of sp³-hybridized carbons (Fsp3) is 0.400. The molecule has 2 aromatic heterocycles. The van der Waals surface area contributed by atoms with Crippen molar-refractivity contribution < 1.29 is 63.0 Å². The standard InChI is InChI=1S/C23H24F2N4O5S.C22H24ClF2N3O5S/c1-2-34-23(31)18-12-17(13-26)21(27-19(18)20(24)25)29-10-8-16(9-11-29)22(30)28-35(32,33)14-15-6-4-3-5-7-15;1-2-33-22(30)16-12-17(23)20(26-18(16)19(24)25)28-10-8-15(9-11-28)21(29)27-34(31,32)13-14-6-4-3-5-7-14/h3-7,12,16,20H,2,8-11,14H2,1H3,(H,28,30);3-7,12,15,19H,2,8-11,13H2,1H3,(H,27,29). The molecule has 2 N–H and O–H groups in total. The molecule has 0 unspecified atom stereocenters. The lowest BCUT2D eigenvalue weighted by Crippen LogP contribution is -2.43. The number of carbonyl (C=O) groups excluding carboxylic acids is 4. The highest BCUT2D eigenvalue weighted by molar-refractivity contribution is 7.89. The van der Waals surface area contributed by atoms with Crippen LogP contribution < -0.4 is 19.2 Å². The van der Waals surface area contributed by atoms with Crippen LogP contribution in [0.3, 0.4) is 0 Å². The van der Waals surface area contributed by atoms with Gasteiger partial charge in [0.1, 0.15) is 29.1 Å². The van der Waals surface area contributed by atoms with E-state index in [1.165, 1.54) is 6.92 Å². The Morgan fingerprint density at radius 1 is 0.681 bits per heavy atom. The number of sulfonamides is 2. The summed E-state index contributed by atoms with van der Waals surface area (Å²) in [5, 5.41) is 9.52. The Hall–Kier alpha value is -6.38. The summed E-state index contributed by atoms with van der Waals surface area (Å²) in [7, 11) is -7.75. The molecule has 2 aromatic carbocycles. The number of carbonyl (C=O) groups is 4. The maximum absolute atomic E-state index is 13.6. The number of halogens is 5. The minimum absolute atomic E-state index is 0.000735. The maximum Gasteiger partial charge on any atom is 0.340 e. The van der Waals surface area contributed by atoms with E-state index in [4.69, 9.17) is 21.1 Å². The van der Waals surface area contributed by atoms with Crippen LogP contribution in [0.1, 0.15) is 101 Å². The molecule has 0 radical (unpaired) electrons. The predicted molar refractivity (Wildman–Crippen MR) is 244 cm³/mol. The quantitative estimate of drug-likeness (QED) is 0.0884. The zero-order chi connectivity index (χ0) is 50.5. The molecule has 2 aliphatic rings. The number of amides is 2. The van der Waals surface area contributed by atoms with Crippen LogP contribution in [0.5, 0.6) is 0 Å². The van der Waals surface area contributed by atoms with Crippen molar-refractivity contribution in [2.75, 3.05) is 49.2 Å². The Bertz CT molecular complexity index is 2740. The molecule has 370 valence electrons. The van der Waals surface area contributed by atoms with Crippen LogP contribution in [0.25, 0.3) is 0 Å². The van der Waals surface area contributed by atoms with Crippen LogP contribution in [0.4, 0.5) is 29.2 Å². The van der Waals surface area contributed by atoms with Gasteiger partial charge in [-0.1, -0.05) is 72.3 Å². The van der Waals surface area contributed by atoms with Crippen molar-refractivity contribution in [2.45, 2.75) is 63.9 Å². The molecule has 4 aromatic rings. The number of esters is 2. The number of aromatic nitrogens is 2. The van der Waals surface area contributed by atoms with E-state index in [2.05, 4.69) is 19.4 Å². The van der Waals surface area contributed by atoms with Crippen LogP contribution >= 0.6 is 11.6 Å². The Labute approximate surface area is 401 Å². The summed E-state index contributed by atoms with van der Waals surface area (Å²) in [6, 6.07) is 20.9. The number of anilines is 2. The molecule has 2 amide bonds. The van der Waals surface area contributed by atoms with Crippen molar-refractivity contribution in [1.29, 1.82) is 5.26 Å². The smallest absolute Gasteiger partial charge is 0.340 e. The van der Waals surface area contributed by atoms with Crippen molar-refractivity contribution in [3.63, 3.8) is 0 Å². The van der Waals surface area contributed by atoms with E-state index in [1.54, 1.807) is 77.4 Å². The van der Waals surface area contributed by atoms with Crippen molar-refractivity contribution in [1.82, 2.24) is 19.4 Å². The number of hydrogen-bond donors (Lipinski definition) is 2. The molecule has 4 heterocycles. The zero-order valence-electron chi connectivity index (χ0n) is 37.2. The van der Waals surface area contributed by atoms with E-state index in [0.717, 1.165) is 12.1 Å². The molecular weight excluding hydrogens is 974 g/mol. The predicted octanol–water partition coefficient (Wildman–Crippen LogP) is 6.64. The van der Waals surface area contributed by atoms with E-state index in [9.17, 15) is 58.8 Å². The summed E-state index contributed by atoms with van der Waals surface area (Å²) in [4.78, 5) is 60.2. The molecule has 17 nitrogen and oxygen atoms in total. The second-order valence-corrected chi connectivity index (χ2v) is 19.5. The third kappa shape index (κ3) is 14.8. The van der Waals surface area contributed by atoms with E-state index in [1.807, 2.05) is 6.07 Å². The summed E-state index contributed by atoms with van der Waals surface area (Å²) in [6.45, 7) is 3.91. The molecule has 69 heavy (non-hydrogen) atoms. The number of alkyl halides is 4. The van der Waals surface area contributed by atoms with Gasteiger partial charge in [0.15, 0.2) is 0 Å². The first kappa shape index (κ1) is 53.6. The lowest BCUT2D eigenvalue weighted by molar-refractivity contribution is -0.124. The van der Waals surface area contributed by atoms with Crippen LogP contribution in [-0.4, -0.2) is 89.9 Å². The molecule has 6 rings (SSSR count). The monoisotopic (exact) mass is 1020 g/mol. The third-order valence-corrected chi connectivity index (χ3v) is 13.5. The zero-order valence-corrected chi connectivity index (χ0v) is 39.6. The summed E-state index contributed by atoms with van der Waals surface area (Å²) < 4.78 is 118. The van der Waals surface area contributed by atoms with E-state index >= 15 is 0 Å². The first-order chi connectivity index (χ1) is 32.8. The molecule has 2 aliphatic heterocycles. The highest BCUT2D eigenvalue weighted by Gasteiger charge is 2.33. The summed E-state index contributed by atoms with van der Waals surface area (Å²) in [5.74, 6) is -4.98. The highest BCUT2D eigenvalue weighted by atomic mass is 35.5. The SMILES string of the molecule is CCOC(=O)c1cc(C#N)c(N2CCC(C(=O)NS(=O)(=O)Cc3ccccc3)CC2)nc1C(F)F.CCOC(=O)c1cc(Cl)c(N2CCC(C(=O)NS(=O)(=O)Cc3ccccc3)CC2)nc1C(F)F. The van der Waals surface area contributed by atoms with Crippen LogP contribution in [0.2, 0.25) is 5.02 Å². The first-order valence-electron chi connectivity index (χ1n) is 21.5.